The fraction of sp³-hybridized carbons (Fsp3) is 0.250. The number of hydrogen-bond donors (Lipinski definition) is 2. The summed E-state index contributed by atoms with van der Waals surface area (Å²) in [5, 5.41) is 6.62. The van der Waals surface area contributed by atoms with Gasteiger partial charge in [-0.2, -0.15) is 0 Å². The van der Waals surface area contributed by atoms with Crippen LogP contribution in [0.1, 0.15) is 16.8 Å². The van der Waals surface area contributed by atoms with Gasteiger partial charge in [-0.15, -0.1) is 0 Å². The molecular formula is C24H28N4O3. The molecule has 1 heterocycles. The van der Waals surface area contributed by atoms with Crippen molar-refractivity contribution in [3.8, 4) is 17.2 Å². The Kier molecular flexibility index (Phi) is 8.11. The third kappa shape index (κ3) is 6.64. The second-order valence-corrected chi connectivity index (χ2v) is 6.71. The molecule has 1 aromatic heterocycles. The zero-order valence-electron chi connectivity index (χ0n) is 18.1. The molecule has 3 rings (SSSR count). The molecule has 7 heteroatoms. The Balaban J connectivity index is 1.48. The number of aliphatic imine (C=N–C) groups is 1. The van der Waals surface area contributed by atoms with Crippen LogP contribution in [0.4, 0.5) is 0 Å². The molecule has 0 aliphatic heterocycles. The van der Waals surface area contributed by atoms with Crippen molar-refractivity contribution in [1.29, 1.82) is 0 Å². The molecule has 0 aliphatic carbocycles. The molecular weight excluding hydrogens is 392 g/mol. The summed E-state index contributed by atoms with van der Waals surface area (Å²) in [6.45, 7) is 1.66. The summed E-state index contributed by atoms with van der Waals surface area (Å²) in [6, 6.07) is 19.5. The van der Waals surface area contributed by atoms with Gasteiger partial charge in [0.2, 0.25) is 0 Å². The minimum atomic E-state index is 0.448. The Morgan fingerprint density at radius 3 is 2.35 bits per heavy atom. The number of guanidine groups is 1. The van der Waals surface area contributed by atoms with Gasteiger partial charge in [0, 0.05) is 38.0 Å². The molecule has 2 N–H and O–H groups in total. The van der Waals surface area contributed by atoms with Crippen LogP contribution in [-0.2, 0) is 19.7 Å². The number of nitrogens with zero attached hydrogens (tertiary/aromatic N) is 2. The number of hydrogen-bond acceptors (Lipinski definition) is 5. The maximum absolute atomic E-state index is 5.78. The SMILES string of the molecule is CN=C(NCc1ccc(OCc2ccccn2)cc1)NCc1ccc(OC)cc1OC. The number of ether oxygens (including phenoxy) is 3. The normalized spacial score (nSPS) is 11.0. The predicted molar refractivity (Wildman–Crippen MR) is 122 cm³/mol. The Morgan fingerprint density at radius 1 is 0.903 bits per heavy atom. The fourth-order valence-corrected chi connectivity index (χ4v) is 2.93. The van der Waals surface area contributed by atoms with Gasteiger partial charge in [0.05, 0.1) is 19.9 Å². The highest BCUT2D eigenvalue weighted by atomic mass is 16.5. The molecule has 0 fully saturated rings. The quantitative estimate of drug-likeness (QED) is 0.407. The lowest BCUT2D eigenvalue weighted by Crippen LogP contribution is -2.36. The summed E-state index contributed by atoms with van der Waals surface area (Å²) in [5.74, 6) is 3.04. The van der Waals surface area contributed by atoms with Gasteiger partial charge in [-0.25, -0.2) is 0 Å². The maximum atomic E-state index is 5.78. The van der Waals surface area contributed by atoms with E-state index in [1.165, 1.54) is 0 Å². The average molecular weight is 421 g/mol. The van der Waals surface area contributed by atoms with Gasteiger partial charge >= 0.3 is 0 Å². The molecule has 7 nitrogen and oxygen atoms in total. The molecule has 0 saturated heterocycles. The minimum Gasteiger partial charge on any atom is -0.497 e. The fourth-order valence-electron chi connectivity index (χ4n) is 2.93. The number of rotatable bonds is 9. The topological polar surface area (TPSA) is 77.0 Å². The molecule has 0 saturated carbocycles. The first-order valence-electron chi connectivity index (χ1n) is 9.99. The first-order chi connectivity index (χ1) is 15.2. The van der Waals surface area contributed by atoms with E-state index in [1.807, 2.05) is 60.7 Å². The zero-order valence-corrected chi connectivity index (χ0v) is 18.1. The first kappa shape index (κ1) is 22.0. The summed E-state index contributed by atoms with van der Waals surface area (Å²) in [7, 11) is 5.03. The van der Waals surface area contributed by atoms with E-state index < -0.39 is 0 Å². The van der Waals surface area contributed by atoms with E-state index in [2.05, 4.69) is 20.6 Å². The van der Waals surface area contributed by atoms with E-state index in [0.29, 0.717) is 25.7 Å². The van der Waals surface area contributed by atoms with Crippen LogP contribution in [0.3, 0.4) is 0 Å². The average Bonchev–Trinajstić information content (AvgIpc) is 2.84. The Bertz CT molecular complexity index is 976. The van der Waals surface area contributed by atoms with Gasteiger partial charge in [-0.05, 0) is 42.0 Å². The van der Waals surface area contributed by atoms with Gasteiger partial charge in [0.15, 0.2) is 5.96 Å². The first-order valence-corrected chi connectivity index (χ1v) is 9.99. The molecule has 0 unspecified atom stereocenters. The lowest BCUT2D eigenvalue weighted by Gasteiger charge is -2.15. The molecule has 0 amide bonds. The highest BCUT2D eigenvalue weighted by Gasteiger charge is 2.06. The largest absolute Gasteiger partial charge is 0.497 e. The molecule has 0 aliphatic rings. The van der Waals surface area contributed by atoms with Gasteiger partial charge in [-0.3, -0.25) is 9.98 Å². The highest BCUT2D eigenvalue weighted by Crippen LogP contribution is 2.24. The van der Waals surface area contributed by atoms with Crippen LogP contribution in [0.5, 0.6) is 17.2 Å². The van der Waals surface area contributed by atoms with Crippen LogP contribution in [0.2, 0.25) is 0 Å². The standard InChI is InChI=1S/C24H28N4O3/c1-25-24(28-16-19-9-12-22(29-2)14-23(19)30-3)27-15-18-7-10-21(11-8-18)31-17-20-6-4-5-13-26-20/h4-14H,15-17H2,1-3H3,(H2,25,27,28). The van der Waals surface area contributed by atoms with Crippen molar-refractivity contribution in [2.24, 2.45) is 4.99 Å². The lowest BCUT2D eigenvalue weighted by molar-refractivity contribution is 0.301. The zero-order chi connectivity index (χ0) is 21.9. The van der Waals surface area contributed by atoms with Crippen molar-refractivity contribution < 1.29 is 14.2 Å². The Morgan fingerprint density at radius 2 is 1.68 bits per heavy atom. The van der Waals surface area contributed by atoms with Crippen LogP contribution in [0.25, 0.3) is 0 Å². The van der Waals surface area contributed by atoms with E-state index in [1.54, 1.807) is 27.5 Å². The van der Waals surface area contributed by atoms with Crippen molar-refractivity contribution in [2.45, 2.75) is 19.7 Å². The molecule has 3 aromatic rings. The second-order valence-electron chi connectivity index (χ2n) is 6.71. The second kappa shape index (κ2) is 11.4. The Labute approximate surface area is 183 Å². The van der Waals surface area contributed by atoms with Gasteiger partial charge in [-0.1, -0.05) is 18.2 Å². The number of nitrogens with one attached hydrogen (secondary N) is 2. The molecule has 31 heavy (non-hydrogen) atoms. The third-order valence-electron chi connectivity index (χ3n) is 4.66. The molecule has 162 valence electrons. The number of pyridine rings is 1. The molecule has 0 radical (unpaired) electrons. The van der Waals surface area contributed by atoms with Crippen molar-refractivity contribution >= 4 is 5.96 Å². The minimum absolute atomic E-state index is 0.448. The maximum Gasteiger partial charge on any atom is 0.191 e. The summed E-state index contributed by atoms with van der Waals surface area (Å²) >= 11 is 0. The number of methoxy groups -OCH3 is 2. The summed E-state index contributed by atoms with van der Waals surface area (Å²) in [5.41, 5.74) is 3.03. The van der Waals surface area contributed by atoms with E-state index in [0.717, 1.165) is 34.1 Å². The molecule has 0 spiro atoms. The lowest BCUT2D eigenvalue weighted by atomic mass is 10.2. The van der Waals surface area contributed by atoms with Gasteiger partial charge in [0.1, 0.15) is 23.9 Å². The van der Waals surface area contributed by atoms with Crippen molar-refractivity contribution in [3.63, 3.8) is 0 Å². The van der Waals surface area contributed by atoms with Gasteiger partial charge in [0.25, 0.3) is 0 Å². The van der Waals surface area contributed by atoms with E-state index in [4.69, 9.17) is 14.2 Å². The summed E-state index contributed by atoms with van der Waals surface area (Å²) < 4.78 is 16.5. The van der Waals surface area contributed by atoms with E-state index in [9.17, 15) is 0 Å². The third-order valence-corrected chi connectivity index (χ3v) is 4.66. The molecule has 0 atom stereocenters. The van der Waals surface area contributed by atoms with Crippen LogP contribution < -0.4 is 24.8 Å². The molecule has 2 aromatic carbocycles. The van der Waals surface area contributed by atoms with Crippen LogP contribution in [0, 0.1) is 0 Å². The van der Waals surface area contributed by atoms with Crippen molar-refractivity contribution in [2.75, 3.05) is 21.3 Å². The van der Waals surface area contributed by atoms with Crippen LogP contribution in [-0.4, -0.2) is 32.2 Å². The van der Waals surface area contributed by atoms with Crippen molar-refractivity contribution in [3.05, 3.63) is 83.7 Å². The Hall–Kier alpha value is -3.74. The smallest absolute Gasteiger partial charge is 0.191 e. The summed E-state index contributed by atoms with van der Waals surface area (Å²) in [6.07, 6.45) is 1.76. The monoisotopic (exact) mass is 420 g/mol. The highest BCUT2D eigenvalue weighted by molar-refractivity contribution is 5.79. The van der Waals surface area contributed by atoms with Crippen molar-refractivity contribution in [1.82, 2.24) is 15.6 Å². The van der Waals surface area contributed by atoms with Gasteiger partial charge < -0.3 is 24.8 Å². The number of aromatic nitrogens is 1. The number of benzene rings is 2. The van der Waals surface area contributed by atoms with Crippen LogP contribution >= 0.6 is 0 Å². The van der Waals surface area contributed by atoms with E-state index >= 15 is 0 Å². The summed E-state index contributed by atoms with van der Waals surface area (Å²) in [4.78, 5) is 8.54. The van der Waals surface area contributed by atoms with E-state index in [-0.39, 0.29) is 0 Å². The molecule has 0 bridgehead atoms. The van der Waals surface area contributed by atoms with Crippen LogP contribution in [0.15, 0.2) is 71.9 Å². The predicted octanol–water partition coefficient (Wildman–Crippen LogP) is 3.54.